The molecule has 0 saturated heterocycles. The molecule has 0 bridgehead atoms. The van der Waals surface area contributed by atoms with Crippen molar-refractivity contribution in [1.82, 2.24) is 10.3 Å². The SMILES string of the molecule is CC(=O)NC(C(=O)Nc1nc(-c2ccc(C)cc2)cs1)C1CCCC1. The van der Waals surface area contributed by atoms with Crippen LogP contribution in [0, 0.1) is 12.8 Å². The van der Waals surface area contributed by atoms with Gasteiger partial charge in [0, 0.05) is 17.9 Å². The number of amides is 2. The lowest BCUT2D eigenvalue weighted by Gasteiger charge is -2.22. The Kier molecular flexibility index (Phi) is 5.48. The van der Waals surface area contributed by atoms with Crippen molar-refractivity contribution in [3.63, 3.8) is 0 Å². The molecule has 2 N–H and O–H groups in total. The zero-order valence-corrected chi connectivity index (χ0v) is 15.4. The highest BCUT2D eigenvalue weighted by atomic mass is 32.1. The quantitative estimate of drug-likeness (QED) is 0.856. The van der Waals surface area contributed by atoms with Crippen molar-refractivity contribution in [3.05, 3.63) is 35.2 Å². The first-order chi connectivity index (χ1) is 12.0. The van der Waals surface area contributed by atoms with Crippen LogP contribution in [-0.2, 0) is 9.59 Å². The fraction of sp³-hybridized carbons (Fsp3) is 0.421. The van der Waals surface area contributed by atoms with E-state index >= 15 is 0 Å². The second kappa shape index (κ2) is 7.78. The lowest BCUT2D eigenvalue weighted by Crippen LogP contribution is -2.47. The highest BCUT2D eigenvalue weighted by Crippen LogP contribution is 2.29. The lowest BCUT2D eigenvalue weighted by molar-refractivity contribution is -0.126. The first kappa shape index (κ1) is 17.6. The molecule has 6 heteroatoms. The molecule has 2 aromatic rings. The van der Waals surface area contributed by atoms with Gasteiger partial charge in [-0.3, -0.25) is 9.59 Å². The molecule has 3 rings (SSSR count). The molecule has 0 radical (unpaired) electrons. The van der Waals surface area contributed by atoms with Crippen LogP contribution in [0.5, 0.6) is 0 Å². The average Bonchev–Trinajstić information content (AvgIpc) is 3.25. The summed E-state index contributed by atoms with van der Waals surface area (Å²) in [6.45, 7) is 3.50. The molecule has 1 saturated carbocycles. The Morgan fingerprint density at radius 2 is 1.88 bits per heavy atom. The van der Waals surface area contributed by atoms with Crippen LogP contribution in [0.1, 0.15) is 38.2 Å². The Morgan fingerprint density at radius 1 is 1.20 bits per heavy atom. The third-order valence-electron chi connectivity index (χ3n) is 4.59. The molecule has 1 aliphatic rings. The van der Waals surface area contributed by atoms with Gasteiger partial charge >= 0.3 is 0 Å². The number of nitrogens with one attached hydrogen (secondary N) is 2. The molecule has 5 nitrogen and oxygen atoms in total. The standard InChI is InChI=1S/C19H23N3O2S/c1-12-7-9-14(10-8-12)16-11-25-19(21-16)22-18(24)17(20-13(2)23)15-5-3-4-6-15/h7-11,15,17H,3-6H2,1-2H3,(H,20,23)(H,21,22,24). The maximum absolute atomic E-state index is 12.7. The van der Waals surface area contributed by atoms with Gasteiger partial charge in [0.15, 0.2) is 5.13 Å². The van der Waals surface area contributed by atoms with Crippen LogP contribution >= 0.6 is 11.3 Å². The smallest absolute Gasteiger partial charge is 0.249 e. The van der Waals surface area contributed by atoms with Crippen LogP contribution in [0.4, 0.5) is 5.13 Å². The lowest BCUT2D eigenvalue weighted by atomic mass is 9.97. The van der Waals surface area contributed by atoms with Gasteiger partial charge in [-0.2, -0.15) is 0 Å². The molecule has 25 heavy (non-hydrogen) atoms. The summed E-state index contributed by atoms with van der Waals surface area (Å²) in [5.41, 5.74) is 3.07. The zero-order chi connectivity index (χ0) is 17.8. The van der Waals surface area contributed by atoms with Crippen LogP contribution in [0.2, 0.25) is 0 Å². The number of rotatable bonds is 5. The maximum atomic E-state index is 12.7. The van der Waals surface area contributed by atoms with Gasteiger partial charge in [0.05, 0.1) is 5.69 Å². The highest BCUT2D eigenvalue weighted by molar-refractivity contribution is 7.14. The number of carbonyl (C=O) groups is 2. The molecule has 1 atom stereocenters. The Morgan fingerprint density at radius 3 is 2.52 bits per heavy atom. The minimum absolute atomic E-state index is 0.174. The van der Waals surface area contributed by atoms with Gasteiger partial charge in [-0.1, -0.05) is 42.7 Å². The summed E-state index contributed by atoms with van der Waals surface area (Å²) >= 11 is 1.40. The largest absolute Gasteiger partial charge is 0.344 e. The monoisotopic (exact) mass is 357 g/mol. The number of hydrogen-bond donors (Lipinski definition) is 2. The normalized spacial score (nSPS) is 15.8. The molecular formula is C19H23N3O2S. The summed E-state index contributed by atoms with van der Waals surface area (Å²) in [4.78, 5) is 28.7. The van der Waals surface area contributed by atoms with Crippen molar-refractivity contribution in [3.8, 4) is 11.3 Å². The van der Waals surface area contributed by atoms with E-state index in [2.05, 4.69) is 15.6 Å². The Balaban J connectivity index is 1.70. The van der Waals surface area contributed by atoms with Crippen LogP contribution in [0.15, 0.2) is 29.6 Å². The molecule has 1 aliphatic carbocycles. The van der Waals surface area contributed by atoms with Gasteiger partial charge in [-0.05, 0) is 25.7 Å². The first-order valence-corrected chi connectivity index (χ1v) is 9.51. The zero-order valence-electron chi connectivity index (χ0n) is 14.5. The van der Waals surface area contributed by atoms with Crippen molar-refractivity contribution in [2.75, 3.05) is 5.32 Å². The van der Waals surface area contributed by atoms with E-state index in [1.54, 1.807) is 0 Å². The van der Waals surface area contributed by atoms with Crippen LogP contribution in [-0.4, -0.2) is 22.8 Å². The highest BCUT2D eigenvalue weighted by Gasteiger charge is 2.31. The van der Waals surface area contributed by atoms with E-state index in [1.165, 1.54) is 23.8 Å². The Hall–Kier alpha value is -2.21. The van der Waals surface area contributed by atoms with E-state index in [1.807, 2.05) is 36.6 Å². The summed E-state index contributed by atoms with van der Waals surface area (Å²) < 4.78 is 0. The molecule has 1 unspecified atom stereocenters. The number of thiazole rings is 1. The van der Waals surface area contributed by atoms with Crippen LogP contribution < -0.4 is 10.6 Å². The second-order valence-corrected chi connectivity index (χ2v) is 7.47. The van der Waals surface area contributed by atoms with Crippen molar-refractivity contribution >= 4 is 28.3 Å². The minimum atomic E-state index is -0.480. The van der Waals surface area contributed by atoms with E-state index < -0.39 is 6.04 Å². The topological polar surface area (TPSA) is 71.1 Å². The number of anilines is 1. The number of nitrogens with zero attached hydrogens (tertiary/aromatic N) is 1. The van der Waals surface area contributed by atoms with Crippen molar-refractivity contribution in [2.24, 2.45) is 5.92 Å². The Bertz CT molecular complexity index is 748. The molecule has 0 spiro atoms. The molecule has 1 fully saturated rings. The fourth-order valence-electron chi connectivity index (χ4n) is 3.28. The minimum Gasteiger partial charge on any atom is -0.344 e. The van der Waals surface area contributed by atoms with Crippen LogP contribution in [0.3, 0.4) is 0 Å². The van der Waals surface area contributed by atoms with Crippen molar-refractivity contribution < 1.29 is 9.59 Å². The number of benzene rings is 1. The summed E-state index contributed by atoms with van der Waals surface area (Å²) in [5.74, 6) is -0.140. The van der Waals surface area contributed by atoms with E-state index in [0.29, 0.717) is 5.13 Å². The summed E-state index contributed by atoms with van der Waals surface area (Å²) in [6, 6.07) is 7.65. The molecule has 1 heterocycles. The van der Waals surface area contributed by atoms with Crippen LogP contribution in [0.25, 0.3) is 11.3 Å². The number of aryl methyl sites for hydroxylation is 1. The van der Waals surface area contributed by atoms with Gasteiger partial charge in [0.1, 0.15) is 6.04 Å². The molecule has 132 valence electrons. The predicted octanol–water partition coefficient (Wildman–Crippen LogP) is 3.75. The molecule has 1 aromatic heterocycles. The van der Waals surface area contributed by atoms with E-state index in [9.17, 15) is 9.59 Å². The van der Waals surface area contributed by atoms with Gasteiger partial charge in [0.25, 0.3) is 0 Å². The number of hydrogen-bond acceptors (Lipinski definition) is 4. The summed E-state index contributed by atoms with van der Waals surface area (Å²) in [6.07, 6.45) is 4.18. The number of aromatic nitrogens is 1. The third kappa shape index (κ3) is 4.45. The van der Waals surface area contributed by atoms with Gasteiger partial charge < -0.3 is 10.6 Å². The van der Waals surface area contributed by atoms with Crippen molar-refractivity contribution in [1.29, 1.82) is 0 Å². The third-order valence-corrected chi connectivity index (χ3v) is 5.35. The molecule has 1 aromatic carbocycles. The number of carbonyl (C=O) groups excluding carboxylic acids is 2. The Labute approximate surface area is 151 Å². The van der Waals surface area contributed by atoms with E-state index in [-0.39, 0.29) is 17.7 Å². The summed E-state index contributed by atoms with van der Waals surface area (Å²) in [7, 11) is 0. The van der Waals surface area contributed by atoms with Crippen molar-refractivity contribution in [2.45, 2.75) is 45.6 Å². The summed E-state index contributed by atoms with van der Waals surface area (Å²) in [5, 5.41) is 8.19. The average molecular weight is 357 g/mol. The molecule has 2 amide bonds. The van der Waals surface area contributed by atoms with E-state index in [0.717, 1.165) is 36.9 Å². The van der Waals surface area contributed by atoms with Gasteiger partial charge in [0.2, 0.25) is 11.8 Å². The maximum Gasteiger partial charge on any atom is 0.249 e. The van der Waals surface area contributed by atoms with E-state index in [4.69, 9.17) is 0 Å². The first-order valence-electron chi connectivity index (χ1n) is 8.63. The predicted molar refractivity (Wildman–Crippen MR) is 100 cm³/mol. The molecule has 0 aliphatic heterocycles. The van der Waals surface area contributed by atoms with Gasteiger partial charge in [-0.25, -0.2) is 4.98 Å². The fourth-order valence-corrected chi connectivity index (χ4v) is 4.00. The molecular weight excluding hydrogens is 334 g/mol. The second-order valence-electron chi connectivity index (χ2n) is 6.62. The van der Waals surface area contributed by atoms with Gasteiger partial charge in [-0.15, -0.1) is 11.3 Å².